The topological polar surface area (TPSA) is 71.1 Å². The zero-order valence-corrected chi connectivity index (χ0v) is 16.6. The van der Waals surface area contributed by atoms with Crippen LogP contribution in [0.15, 0.2) is 54.6 Å². The Morgan fingerprint density at radius 1 is 0.893 bits per heavy atom. The molecule has 0 radical (unpaired) electrons. The molecular formula is C23H25N3O2. The van der Waals surface area contributed by atoms with Gasteiger partial charge in [-0.05, 0) is 56.2 Å². The quantitative estimate of drug-likeness (QED) is 0.676. The predicted molar refractivity (Wildman–Crippen MR) is 113 cm³/mol. The second-order valence-corrected chi connectivity index (χ2v) is 7.43. The maximum Gasteiger partial charge on any atom is 0.256 e. The summed E-state index contributed by atoms with van der Waals surface area (Å²) in [6.07, 6.45) is 0. The molecule has 5 heteroatoms. The first-order chi connectivity index (χ1) is 13.3. The van der Waals surface area contributed by atoms with E-state index in [1.165, 1.54) is 0 Å². The number of para-hydroxylation sites is 1. The molecular weight excluding hydrogens is 350 g/mol. The molecule has 0 spiro atoms. The van der Waals surface area contributed by atoms with Gasteiger partial charge in [-0.3, -0.25) is 14.6 Å². The summed E-state index contributed by atoms with van der Waals surface area (Å²) < 4.78 is 0. The third-order valence-electron chi connectivity index (χ3n) is 4.40. The van der Waals surface area contributed by atoms with Crippen molar-refractivity contribution in [1.29, 1.82) is 0 Å². The summed E-state index contributed by atoms with van der Waals surface area (Å²) in [5.41, 5.74) is 3.47. The SMILES string of the molecule is CC(C)NC(=O)c1ccc(NC(=O)c2cc(C(C)C)nc3ccccc23)cc1. The highest BCUT2D eigenvalue weighted by Gasteiger charge is 2.15. The summed E-state index contributed by atoms with van der Waals surface area (Å²) in [5.74, 6) is -0.107. The Morgan fingerprint density at radius 3 is 2.21 bits per heavy atom. The summed E-state index contributed by atoms with van der Waals surface area (Å²) in [6, 6.07) is 16.4. The monoisotopic (exact) mass is 375 g/mol. The summed E-state index contributed by atoms with van der Waals surface area (Å²) in [5, 5.41) is 6.59. The van der Waals surface area contributed by atoms with Gasteiger partial charge in [0.05, 0.1) is 11.1 Å². The normalized spacial score (nSPS) is 11.1. The smallest absolute Gasteiger partial charge is 0.256 e. The maximum atomic E-state index is 12.9. The number of amides is 2. The molecule has 3 aromatic rings. The third kappa shape index (κ3) is 4.36. The van der Waals surface area contributed by atoms with Gasteiger partial charge in [-0.1, -0.05) is 32.0 Å². The molecule has 2 N–H and O–H groups in total. The second-order valence-electron chi connectivity index (χ2n) is 7.43. The summed E-state index contributed by atoms with van der Waals surface area (Å²) in [6.45, 7) is 7.94. The molecule has 0 aliphatic carbocycles. The zero-order chi connectivity index (χ0) is 20.3. The molecule has 0 aliphatic rings. The second kappa shape index (κ2) is 8.21. The molecule has 1 aromatic heterocycles. The Hall–Kier alpha value is -3.21. The lowest BCUT2D eigenvalue weighted by Crippen LogP contribution is -2.30. The lowest BCUT2D eigenvalue weighted by Gasteiger charge is -2.12. The standard InChI is InChI=1S/C23H25N3O2/c1-14(2)21-13-19(18-7-5-6-8-20(18)26-21)23(28)25-17-11-9-16(10-12-17)22(27)24-15(3)4/h5-15H,1-4H3,(H,24,27)(H,25,28). The highest BCUT2D eigenvalue weighted by Crippen LogP contribution is 2.23. The number of carbonyl (C=O) groups excluding carboxylic acids is 2. The Labute approximate surface area is 165 Å². The van der Waals surface area contributed by atoms with E-state index in [4.69, 9.17) is 0 Å². The number of fused-ring (bicyclic) bond motifs is 1. The van der Waals surface area contributed by atoms with E-state index in [1.807, 2.05) is 44.2 Å². The number of hydrogen-bond donors (Lipinski definition) is 2. The predicted octanol–water partition coefficient (Wildman–Crippen LogP) is 4.75. The van der Waals surface area contributed by atoms with Gasteiger partial charge in [-0.15, -0.1) is 0 Å². The minimum Gasteiger partial charge on any atom is -0.350 e. The minimum atomic E-state index is -0.195. The van der Waals surface area contributed by atoms with Crippen molar-refractivity contribution in [3.05, 3.63) is 71.4 Å². The Balaban J connectivity index is 1.86. The number of benzene rings is 2. The first kappa shape index (κ1) is 19.5. The number of carbonyl (C=O) groups is 2. The summed E-state index contributed by atoms with van der Waals surface area (Å²) in [4.78, 5) is 29.7. The fourth-order valence-electron chi connectivity index (χ4n) is 2.93. The van der Waals surface area contributed by atoms with E-state index in [2.05, 4.69) is 29.5 Å². The minimum absolute atomic E-state index is 0.0713. The average molecular weight is 375 g/mol. The number of hydrogen-bond acceptors (Lipinski definition) is 3. The van der Waals surface area contributed by atoms with E-state index < -0.39 is 0 Å². The fourth-order valence-corrected chi connectivity index (χ4v) is 2.93. The van der Waals surface area contributed by atoms with Crippen LogP contribution in [0.2, 0.25) is 0 Å². The van der Waals surface area contributed by atoms with Crippen LogP contribution in [0.1, 0.15) is 60.0 Å². The number of rotatable bonds is 5. The molecule has 0 saturated carbocycles. The van der Waals surface area contributed by atoms with Gasteiger partial charge in [0.1, 0.15) is 0 Å². The van der Waals surface area contributed by atoms with Gasteiger partial charge in [0.2, 0.25) is 0 Å². The molecule has 5 nitrogen and oxygen atoms in total. The van der Waals surface area contributed by atoms with Crippen LogP contribution < -0.4 is 10.6 Å². The average Bonchev–Trinajstić information content (AvgIpc) is 2.67. The van der Waals surface area contributed by atoms with Crippen LogP contribution in [0, 0.1) is 0 Å². The zero-order valence-electron chi connectivity index (χ0n) is 16.6. The van der Waals surface area contributed by atoms with Crippen molar-refractivity contribution in [3.63, 3.8) is 0 Å². The van der Waals surface area contributed by atoms with Crippen LogP contribution in [0.25, 0.3) is 10.9 Å². The van der Waals surface area contributed by atoms with Gasteiger partial charge in [-0.25, -0.2) is 0 Å². The number of nitrogens with zero attached hydrogens (tertiary/aromatic N) is 1. The molecule has 0 bridgehead atoms. The van der Waals surface area contributed by atoms with Crippen molar-refractivity contribution in [1.82, 2.24) is 10.3 Å². The van der Waals surface area contributed by atoms with Crippen molar-refractivity contribution in [2.24, 2.45) is 0 Å². The first-order valence-corrected chi connectivity index (χ1v) is 9.47. The van der Waals surface area contributed by atoms with Crippen LogP contribution in [0.4, 0.5) is 5.69 Å². The third-order valence-corrected chi connectivity index (χ3v) is 4.40. The van der Waals surface area contributed by atoms with Gasteiger partial charge in [0, 0.05) is 28.4 Å². The van der Waals surface area contributed by atoms with E-state index in [9.17, 15) is 9.59 Å². The molecule has 0 aliphatic heterocycles. The van der Waals surface area contributed by atoms with E-state index >= 15 is 0 Å². The van der Waals surface area contributed by atoms with Gasteiger partial charge in [-0.2, -0.15) is 0 Å². The Bertz CT molecular complexity index is 1010. The molecule has 2 amide bonds. The first-order valence-electron chi connectivity index (χ1n) is 9.47. The van der Waals surface area contributed by atoms with Crippen LogP contribution in [0.5, 0.6) is 0 Å². The molecule has 144 valence electrons. The molecule has 1 heterocycles. The van der Waals surface area contributed by atoms with Crippen molar-refractivity contribution < 1.29 is 9.59 Å². The van der Waals surface area contributed by atoms with Crippen molar-refractivity contribution >= 4 is 28.4 Å². The highest BCUT2D eigenvalue weighted by molar-refractivity contribution is 6.12. The summed E-state index contributed by atoms with van der Waals surface area (Å²) in [7, 11) is 0. The van der Waals surface area contributed by atoms with Crippen molar-refractivity contribution in [2.75, 3.05) is 5.32 Å². The van der Waals surface area contributed by atoms with Crippen LogP contribution in [0.3, 0.4) is 0 Å². The molecule has 0 saturated heterocycles. The lowest BCUT2D eigenvalue weighted by atomic mass is 10.0. The molecule has 0 atom stereocenters. The molecule has 3 rings (SSSR count). The Morgan fingerprint density at radius 2 is 1.57 bits per heavy atom. The molecule has 28 heavy (non-hydrogen) atoms. The molecule has 0 unspecified atom stereocenters. The fraction of sp³-hybridized carbons (Fsp3) is 0.261. The summed E-state index contributed by atoms with van der Waals surface area (Å²) >= 11 is 0. The molecule has 0 fully saturated rings. The van der Waals surface area contributed by atoms with E-state index in [0.29, 0.717) is 16.8 Å². The van der Waals surface area contributed by atoms with Crippen LogP contribution in [-0.4, -0.2) is 22.8 Å². The largest absolute Gasteiger partial charge is 0.350 e. The Kier molecular flexibility index (Phi) is 5.73. The van der Waals surface area contributed by atoms with E-state index in [-0.39, 0.29) is 23.8 Å². The number of nitrogens with one attached hydrogen (secondary N) is 2. The van der Waals surface area contributed by atoms with E-state index in [1.54, 1.807) is 24.3 Å². The van der Waals surface area contributed by atoms with Crippen molar-refractivity contribution in [2.45, 2.75) is 39.7 Å². The molecule has 2 aromatic carbocycles. The van der Waals surface area contributed by atoms with Gasteiger partial charge >= 0.3 is 0 Å². The van der Waals surface area contributed by atoms with Gasteiger partial charge < -0.3 is 10.6 Å². The maximum absolute atomic E-state index is 12.9. The highest BCUT2D eigenvalue weighted by atomic mass is 16.2. The lowest BCUT2D eigenvalue weighted by molar-refractivity contribution is 0.0942. The number of anilines is 1. The van der Waals surface area contributed by atoms with Gasteiger partial charge in [0.25, 0.3) is 11.8 Å². The van der Waals surface area contributed by atoms with Crippen LogP contribution in [-0.2, 0) is 0 Å². The van der Waals surface area contributed by atoms with Crippen LogP contribution >= 0.6 is 0 Å². The van der Waals surface area contributed by atoms with Gasteiger partial charge in [0.15, 0.2) is 0 Å². The van der Waals surface area contributed by atoms with Crippen molar-refractivity contribution in [3.8, 4) is 0 Å². The number of pyridine rings is 1. The van der Waals surface area contributed by atoms with E-state index in [0.717, 1.165) is 16.6 Å². The number of aromatic nitrogens is 1.